The van der Waals surface area contributed by atoms with Gasteiger partial charge in [0.25, 0.3) is 0 Å². The predicted octanol–water partition coefficient (Wildman–Crippen LogP) is 2.32. The van der Waals surface area contributed by atoms with E-state index < -0.39 is 0 Å². The highest BCUT2D eigenvalue weighted by Gasteiger charge is 2.15. The van der Waals surface area contributed by atoms with Crippen LogP contribution in [0.4, 0.5) is 0 Å². The van der Waals surface area contributed by atoms with Gasteiger partial charge in [-0.3, -0.25) is 4.98 Å². The van der Waals surface area contributed by atoms with Crippen LogP contribution in [0.25, 0.3) is 0 Å². The molecule has 0 amide bonds. The summed E-state index contributed by atoms with van der Waals surface area (Å²) in [6.07, 6.45) is 7.62. The van der Waals surface area contributed by atoms with Crippen molar-refractivity contribution in [1.82, 2.24) is 4.98 Å². The number of pyridine rings is 1. The van der Waals surface area contributed by atoms with Gasteiger partial charge in [0.2, 0.25) is 0 Å². The quantitative estimate of drug-likeness (QED) is 0.633. The normalized spacial score (nSPS) is 23.8. The first-order valence-corrected chi connectivity index (χ1v) is 4.48. The Morgan fingerprint density at radius 3 is 3.08 bits per heavy atom. The summed E-state index contributed by atoms with van der Waals surface area (Å²) in [5, 5.41) is 0. The summed E-state index contributed by atoms with van der Waals surface area (Å²) < 4.78 is 5.62. The molecule has 1 aromatic rings. The van der Waals surface area contributed by atoms with Crippen molar-refractivity contribution < 1.29 is 4.74 Å². The van der Waals surface area contributed by atoms with E-state index >= 15 is 0 Å². The molecule has 0 aliphatic carbocycles. The molecule has 0 aromatic carbocycles. The molecule has 0 radical (unpaired) electrons. The summed E-state index contributed by atoms with van der Waals surface area (Å²) in [4.78, 5) is 4.08. The second kappa shape index (κ2) is 3.68. The second-order valence-electron chi connectivity index (χ2n) is 3.14. The Balaban J connectivity index is 2.08. The van der Waals surface area contributed by atoms with Crippen molar-refractivity contribution in [3.8, 4) is 0 Å². The average Bonchev–Trinajstić information content (AvgIpc) is 2.21. The molecule has 1 saturated heterocycles. The molecular weight excluding hydrogens is 150 g/mol. The van der Waals surface area contributed by atoms with Gasteiger partial charge in [-0.25, -0.2) is 0 Å². The number of ether oxygens (including phenoxy) is 1. The monoisotopic (exact) mass is 163 g/mol. The molecule has 1 aliphatic heterocycles. The van der Waals surface area contributed by atoms with Crippen molar-refractivity contribution in [2.45, 2.75) is 25.4 Å². The Morgan fingerprint density at radius 1 is 1.42 bits per heavy atom. The fourth-order valence-corrected chi connectivity index (χ4v) is 1.57. The smallest absolute Gasteiger partial charge is 0.0839 e. The topological polar surface area (TPSA) is 22.1 Å². The minimum Gasteiger partial charge on any atom is -0.373 e. The lowest BCUT2D eigenvalue weighted by atomic mass is 10.0. The number of aromatic nitrogens is 1. The first-order chi connectivity index (χ1) is 5.97. The fourth-order valence-electron chi connectivity index (χ4n) is 1.57. The first kappa shape index (κ1) is 7.74. The number of hydrogen-bond acceptors (Lipinski definition) is 2. The lowest BCUT2D eigenvalue weighted by Gasteiger charge is -2.22. The fraction of sp³-hybridized carbons (Fsp3) is 0.500. The third-order valence-electron chi connectivity index (χ3n) is 2.24. The van der Waals surface area contributed by atoms with Crippen molar-refractivity contribution >= 4 is 0 Å². The van der Waals surface area contributed by atoms with Gasteiger partial charge < -0.3 is 4.74 Å². The van der Waals surface area contributed by atoms with E-state index in [-0.39, 0.29) is 0 Å². The molecule has 0 bridgehead atoms. The molecule has 12 heavy (non-hydrogen) atoms. The minimum atomic E-state index is 0.299. The van der Waals surface area contributed by atoms with E-state index in [1.165, 1.54) is 18.4 Å². The molecule has 64 valence electrons. The molecular formula is C10H13NO. The van der Waals surface area contributed by atoms with Gasteiger partial charge in [-0.2, -0.15) is 0 Å². The molecule has 1 unspecified atom stereocenters. The largest absolute Gasteiger partial charge is 0.373 e. The van der Waals surface area contributed by atoms with Crippen LogP contribution in [0.5, 0.6) is 0 Å². The van der Waals surface area contributed by atoms with Crippen LogP contribution in [0.3, 0.4) is 0 Å². The molecule has 2 heteroatoms. The van der Waals surface area contributed by atoms with E-state index in [2.05, 4.69) is 11.1 Å². The molecule has 1 aromatic heterocycles. The lowest BCUT2D eigenvalue weighted by molar-refractivity contribution is 0.0147. The number of nitrogens with zero attached hydrogens (tertiary/aromatic N) is 1. The molecule has 0 N–H and O–H groups in total. The molecule has 2 rings (SSSR count). The Kier molecular flexibility index (Phi) is 2.37. The molecule has 0 spiro atoms. The summed E-state index contributed by atoms with van der Waals surface area (Å²) in [6, 6.07) is 4.05. The maximum Gasteiger partial charge on any atom is 0.0839 e. The zero-order valence-corrected chi connectivity index (χ0v) is 7.07. The van der Waals surface area contributed by atoms with Crippen molar-refractivity contribution in [2.24, 2.45) is 0 Å². The van der Waals surface area contributed by atoms with Crippen LogP contribution >= 0.6 is 0 Å². The maximum absolute atomic E-state index is 5.62. The summed E-state index contributed by atoms with van der Waals surface area (Å²) in [7, 11) is 0. The Bertz CT molecular complexity index is 229. The lowest BCUT2D eigenvalue weighted by Crippen LogP contribution is -2.11. The van der Waals surface area contributed by atoms with Gasteiger partial charge in [0.1, 0.15) is 0 Å². The molecule has 1 aliphatic rings. The van der Waals surface area contributed by atoms with Crippen LogP contribution in [-0.2, 0) is 4.74 Å². The van der Waals surface area contributed by atoms with Crippen molar-refractivity contribution in [2.75, 3.05) is 6.61 Å². The Labute approximate surface area is 72.6 Å². The van der Waals surface area contributed by atoms with Gasteiger partial charge in [0.15, 0.2) is 0 Å². The van der Waals surface area contributed by atoms with Gasteiger partial charge in [0, 0.05) is 19.0 Å². The van der Waals surface area contributed by atoms with Crippen molar-refractivity contribution in [1.29, 1.82) is 0 Å². The Morgan fingerprint density at radius 2 is 2.42 bits per heavy atom. The maximum atomic E-state index is 5.62. The van der Waals surface area contributed by atoms with Crippen LogP contribution in [0.1, 0.15) is 30.9 Å². The second-order valence-corrected chi connectivity index (χ2v) is 3.14. The van der Waals surface area contributed by atoms with Crippen LogP contribution in [-0.4, -0.2) is 11.6 Å². The van der Waals surface area contributed by atoms with Gasteiger partial charge in [0.05, 0.1) is 6.10 Å². The van der Waals surface area contributed by atoms with E-state index in [4.69, 9.17) is 4.74 Å². The van der Waals surface area contributed by atoms with E-state index in [1.807, 2.05) is 12.3 Å². The van der Waals surface area contributed by atoms with Gasteiger partial charge >= 0.3 is 0 Å². The van der Waals surface area contributed by atoms with E-state index in [0.717, 1.165) is 13.0 Å². The third kappa shape index (κ3) is 1.64. The van der Waals surface area contributed by atoms with Gasteiger partial charge in [-0.15, -0.1) is 0 Å². The predicted molar refractivity (Wildman–Crippen MR) is 46.8 cm³/mol. The van der Waals surface area contributed by atoms with Crippen LogP contribution < -0.4 is 0 Å². The zero-order valence-electron chi connectivity index (χ0n) is 7.07. The van der Waals surface area contributed by atoms with E-state index in [0.29, 0.717) is 6.10 Å². The zero-order chi connectivity index (χ0) is 8.23. The highest BCUT2D eigenvalue weighted by atomic mass is 16.5. The molecule has 0 saturated carbocycles. The Hall–Kier alpha value is -0.890. The molecule has 1 fully saturated rings. The van der Waals surface area contributed by atoms with Crippen molar-refractivity contribution in [3.05, 3.63) is 30.1 Å². The molecule has 2 heterocycles. The van der Waals surface area contributed by atoms with Crippen LogP contribution in [0.15, 0.2) is 24.5 Å². The van der Waals surface area contributed by atoms with Gasteiger partial charge in [-0.1, -0.05) is 6.07 Å². The molecule has 1 atom stereocenters. The minimum absolute atomic E-state index is 0.299. The first-order valence-electron chi connectivity index (χ1n) is 4.48. The number of hydrogen-bond donors (Lipinski definition) is 0. The highest BCUT2D eigenvalue weighted by Crippen LogP contribution is 2.26. The summed E-state index contributed by atoms with van der Waals surface area (Å²) in [5.74, 6) is 0. The average molecular weight is 163 g/mol. The summed E-state index contributed by atoms with van der Waals surface area (Å²) in [6.45, 7) is 0.902. The third-order valence-corrected chi connectivity index (χ3v) is 2.24. The molecule has 2 nitrogen and oxygen atoms in total. The highest BCUT2D eigenvalue weighted by molar-refractivity contribution is 5.12. The van der Waals surface area contributed by atoms with Gasteiger partial charge in [-0.05, 0) is 30.9 Å². The standard InChI is InChI=1S/C10H13NO/c1-2-7-12-10(5-1)9-4-3-6-11-8-9/h3-4,6,8,10H,1-2,5,7H2. The van der Waals surface area contributed by atoms with Crippen molar-refractivity contribution in [3.63, 3.8) is 0 Å². The summed E-state index contributed by atoms with van der Waals surface area (Å²) >= 11 is 0. The van der Waals surface area contributed by atoms with E-state index in [9.17, 15) is 0 Å². The number of rotatable bonds is 1. The van der Waals surface area contributed by atoms with Crippen LogP contribution in [0.2, 0.25) is 0 Å². The van der Waals surface area contributed by atoms with Crippen LogP contribution in [0, 0.1) is 0 Å². The van der Waals surface area contributed by atoms with E-state index in [1.54, 1.807) is 6.20 Å². The SMILES string of the molecule is c1cncc(C2CCCCO2)c1. The summed E-state index contributed by atoms with van der Waals surface area (Å²) in [5.41, 5.74) is 1.22.